The molecule has 8 heteroatoms. The molecule has 2 aromatic carbocycles. The predicted molar refractivity (Wildman–Crippen MR) is 103 cm³/mol. The van der Waals surface area contributed by atoms with E-state index < -0.39 is 10.0 Å². The highest BCUT2D eigenvalue weighted by Gasteiger charge is 2.17. The van der Waals surface area contributed by atoms with Crippen LogP contribution in [-0.4, -0.2) is 27.9 Å². The van der Waals surface area contributed by atoms with E-state index in [9.17, 15) is 13.2 Å². The van der Waals surface area contributed by atoms with E-state index in [-0.39, 0.29) is 23.4 Å². The fourth-order valence-electron chi connectivity index (χ4n) is 2.54. The molecule has 6 nitrogen and oxygen atoms in total. The van der Waals surface area contributed by atoms with E-state index in [1.165, 1.54) is 13.1 Å². The molecule has 4 N–H and O–H groups in total. The molecule has 26 heavy (non-hydrogen) atoms. The SMILES string of the molecule is CNS(=O)(=O)c1cc(NC(=O)C[NH2+][C@H](C)c2ccccc2Cl)ccc1C. The summed E-state index contributed by atoms with van der Waals surface area (Å²) in [6.45, 7) is 3.86. The Balaban J connectivity index is 2.02. The molecular weight excluding hydrogens is 374 g/mol. The van der Waals surface area contributed by atoms with Crippen LogP contribution in [0.4, 0.5) is 5.69 Å². The maximum absolute atomic E-state index is 12.2. The quantitative estimate of drug-likeness (QED) is 0.666. The Kier molecular flexibility index (Phi) is 6.77. The molecule has 0 aromatic heterocycles. The lowest BCUT2D eigenvalue weighted by atomic mass is 10.1. The van der Waals surface area contributed by atoms with Crippen LogP contribution >= 0.6 is 11.6 Å². The first-order valence-electron chi connectivity index (χ1n) is 8.16. The number of halogens is 1. The smallest absolute Gasteiger partial charge is 0.279 e. The molecule has 0 aliphatic carbocycles. The first kappa shape index (κ1) is 20.4. The van der Waals surface area contributed by atoms with Crippen molar-refractivity contribution in [2.24, 2.45) is 0 Å². The number of rotatable bonds is 7. The molecule has 0 fully saturated rings. The number of sulfonamides is 1. The zero-order valence-corrected chi connectivity index (χ0v) is 16.5. The van der Waals surface area contributed by atoms with Crippen molar-refractivity contribution in [2.45, 2.75) is 24.8 Å². The largest absolute Gasteiger partial charge is 0.332 e. The number of nitrogens with two attached hydrogens (primary N) is 1. The number of carbonyl (C=O) groups is 1. The molecule has 2 aromatic rings. The lowest BCUT2D eigenvalue weighted by molar-refractivity contribution is -0.682. The van der Waals surface area contributed by atoms with Crippen LogP contribution < -0.4 is 15.4 Å². The van der Waals surface area contributed by atoms with Crippen LogP contribution in [0.15, 0.2) is 47.4 Å². The Morgan fingerprint density at radius 1 is 1.23 bits per heavy atom. The molecule has 0 aliphatic heterocycles. The van der Waals surface area contributed by atoms with Crippen LogP contribution in [-0.2, 0) is 14.8 Å². The zero-order valence-electron chi connectivity index (χ0n) is 14.9. The average molecular weight is 397 g/mol. The molecule has 0 saturated carbocycles. The molecule has 0 unspecified atom stereocenters. The van der Waals surface area contributed by atoms with Gasteiger partial charge in [-0.3, -0.25) is 4.79 Å². The Morgan fingerprint density at radius 2 is 1.92 bits per heavy atom. The number of benzene rings is 2. The standard InChI is InChI=1S/C18H22ClN3O3S/c1-12-8-9-14(10-17(12)26(24,25)20-3)22-18(23)11-21-13(2)15-6-4-5-7-16(15)19/h4-10,13,20-21H,11H2,1-3H3,(H,22,23)/p+1/t13-/m1/s1. The molecule has 1 amide bonds. The number of quaternary nitrogens is 1. The number of carbonyl (C=O) groups excluding carboxylic acids is 1. The minimum absolute atomic E-state index is 0.0210. The average Bonchev–Trinajstić information content (AvgIpc) is 2.61. The summed E-state index contributed by atoms with van der Waals surface area (Å²) in [7, 11) is -2.23. The number of hydrogen-bond acceptors (Lipinski definition) is 3. The molecule has 0 spiro atoms. The van der Waals surface area contributed by atoms with Gasteiger partial charge in [0.25, 0.3) is 5.91 Å². The van der Waals surface area contributed by atoms with E-state index >= 15 is 0 Å². The van der Waals surface area contributed by atoms with E-state index in [4.69, 9.17) is 11.6 Å². The van der Waals surface area contributed by atoms with E-state index in [0.717, 1.165) is 5.56 Å². The van der Waals surface area contributed by atoms with Gasteiger partial charge in [0, 0.05) is 16.3 Å². The van der Waals surface area contributed by atoms with Crippen molar-refractivity contribution in [3.8, 4) is 0 Å². The van der Waals surface area contributed by atoms with Crippen molar-refractivity contribution in [3.05, 3.63) is 58.6 Å². The summed E-state index contributed by atoms with van der Waals surface area (Å²) in [4.78, 5) is 12.4. The predicted octanol–water partition coefficient (Wildman–Crippen LogP) is 1.82. The van der Waals surface area contributed by atoms with Gasteiger partial charge in [-0.1, -0.05) is 35.9 Å². The van der Waals surface area contributed by atoms with Crippen molar-refractivity contribution in [1.82, 2.24) is 4.72 Å². The normalized spacial score (nSPS) is 12.6. The summed E-state index contributed by atoms with van der Waals surface area (Å²) in [5.74, 6) is -0.222. The lowest BCUT2D eigenvalue weighted by Crippen LogP contribution is -2.86. The maximum atomic E-state index is 12.2. The molecule has 0 aliphatic rings. The van der Waals surface area contributed by atoms with Gasteiger partial charge in [0.05, 0.1) is 4.90 Å². The number of aryl methyl sites for hydroxylation is 1. The van der Waals surface area contributed by atoms with Gasteiger partial charge in [-0.05, 0) is 44.7 Å². The number of hydrogen-bond donors (Lipinski definition) is 3. The van der Waals surface area contributed by atoms with Gasteiger partial charge in [0.15, 0.2) is 6.54 Å². The molecule has 2 rings (SSSR count). The van der Waals surface area contributed by atoms with Gasteiger partial charge >= 0.3 is 0 Å². The van der Waals surface area contributed by atoms with E-state index in [2.05, 4.69) is 10.0 Å². The molecule has 0 radical (unpaired) electrons. The van der Waals surface area contributed by atoms with Gasteiger partial charge < -0.3 is 10.6 Å². The summed E-state index contributed by atoms with van der Waals surface area (Å²) < 4.78 is 26.3. The second kappa shape index (κ2) is 8.64. The molecular formula is C18H23ClN3O3S+. The highest BCUT2D eigenvalue weighted by atomic mass is 35.5. The van der Waals surface area contributed by atoms with Crippen LogP contribution in [0.5, 0.6) is 0 Å². The van der Waals surface area contributed by atoms with E-state index in [0.29, 0.717) is 16.3 Å². The summed E-state index contributed by atoms with van der Waals surface area (Å²) in [6, 6.07) is 12.3. The Morgan fingerprint density at radius 3 is 2.58 bits per heavy atom. The first-order valence-corrected chi connectivity index (χ1v) is 10.0. The number of nitrogens with one attached hydrogen (secondary N) is 2. The first-order chi connectivity index (χ1) is 12.2. The minimum atomic E-state index is -3.58. The monoisotopic (exact) mass is 396 g/mol. The van der Waals surface area contributed by atoms with Crippen molar-refractivity contribution < 1.29 is 18.5 Å². The van der Waals surface area contributed by atoms with Gasteiger partial charge in [0.1, 0.15) is 6.04 Å². The summed E-state index contributed by atoms with van der Waals surface area (Å²) in [5, 5.41) is 5.27. The minimum Gasteiger partial charge on any atom is -0.332 e. The topological polar surface area (TPSA) is 91.9 Å². The molecule has 0 bridgehead atoms. The second-order valence-corrected chi connectivity index (χ2v) is 8.25. The number of amides is 1. The second-order valence-electron chi connectivity index (χ2n) is 5.99. The summed E-state index contributed by atoms with van der Waals surface area (Å²) >= 11 is 6.17. The van der Waals surface area contributed by atoms with Crippen molar-refractivity contribution >= 4 is 33.2 Å². The fourth-order valence-corrected chi connectivity index (χ4v) is 3.85. The Bertz CT molecular complexity index is 900. The van der Waals surface area contributed by atoms with Crippen LogP contribution in [0.25, 0.3) is 0 Å². The zero-order chi connectivity index (χ0) is 19.3. The van der Waals surface area contributed by atoms with E-state index in [1.807, 2.05) is 36.5 Å². The van der Waals surface area contributed by atoms with Crippen LogP contribution in [0.1, 0.15) is 24.1 Å². The van der Waals surface area contributed by atoms with Gasteiger partial charge in [-0.15, -0.1) is 0 Å². The summed E-state index contributed by atoms with van der Waals surface area (Å²) in [5.41, 5.74) is 2.00. The molecule has 1 atom stereocenters. The fraction of sp³-hybridized carbons (Fsp3) is 0.278. The van der Waals surface area contributed by atoms with Gasteiger partial charge in [0.2, 0.25) is 10.0 Å². The van der Waals surface area contributed by atoms with Crippen molar-refractivity contribution in [2.75, 3.05) is 18.9 Å². The molecule has 0 heterocycles. The van der Waals surface area contributed by atoms with Crippen LogP contribution in [0, 0.1) is 6.92 Å². The van der Waals surface area contributed by atoms with Crippen molar-refractivity contribution in [1.29, 1.82) is 0 Å². The third-order valence-electron chi connectivity index (χ3n) is 4.08. The van der Waals surface area contributed by atoms with Gasteiger partial charge in [-0.25, -0.2) is 13.1 Å². The summed E-state index contributed by atoms with van der Waals surface area (Å²) in [6.07, 6.45) is 0. The molecule has 140 valence electrons. The lowest BCUT2D eigenvalue weighted by Gasteiger charge is -2.13. The van der Waals surface area contributed by atoms with Gasteiger partial charge in [-0.2, -0.15) is 0 Å². The third-order valence-corrected chi connectivity index (χ3v) is 5.98. The third kappa shape index (κ3) is 5.04. The highest BCUT2D eigenvalue weighted by molar-refractivity contribution is 7.89. The van der Waals surface area contributed by atoms with Crippen molar-refractivity contribution in [3.63, 3.8) is 0 Å². The number of anilines is 1. The van der Waals surface area contributed by atoms with Crippen LogP contribution in [0.2, 0.25) is 5.02 Å². The Labute approximate surface area is 159 Å². The van der Waals surface area contributed by atoms with E-state index in [1.54, 1.807) is 19.1 Å². The highest BCUT2D eigenvalue weighted by Crippen LogP contribution is 2.20. The maximum Gasteiger partial charge on any atom is 0.279 e. The molecule has 0 saturated heterocycles. The van der Waals surface area contributed by atoms with Crippen LogP contribution in [0.3, 0.4) is 0 Å². The Hall–Kier alpha value is -1.93.